The number of ether oxygens (including phenoxy) is 1. The minimum Gasteiger partial charge on any atom is -0.384 e. The number of rotatable bonds is 9. The molecule has 1 rings (SSSR count). The average Bonchev–Trinajstić information content (AvgIpc) is 2.48. The van der Waals surface area contributed by atoms with E-state index in [1.54, 1.807) is 24.3 Å². The van der Waals surface area contributed by atoms with Gasteiger partial charge in [-0.1, -0.05) is 12.1 Å². The van der Waals surface area contributed by atoms with Gasteiger partial charge in [-0.3, -0.25) is 0 Å². The van der Waals surface area contributed by atoms with Gasteiger partial charge in [0.2, 0.25) is 10.0 Å². The molecule has 0 saturated carbocycles. The number of hydrogen-bond acceptors (Lipinski definition) is 5. The summed E-state index contributed by atoms with van der Waals surface area (Å²) in [6.07, 6.45) is 0.145. The Morgan fingerprint density at radius 2 is 2.05 bits per heavy atom. The number of methoxy groups -OCH3 is 1. The smallest absolute Gasteiger partial charge is 0.245 e. The van der Waals surface area contributed by atoms with Gasteiger partial charge in [-0.25, -0.2) is 8.42 Å². The molecule has 0 spiro atoms. The standard InChI is InChI=1S/C14H21N3O3S/c1-3-16-13-7-4-5-8-14(13)21(18,19)17(10-6-9-15)11-12-20-2/h4-5,7-8,16H,3,6,10-12H2,1-2H3. The number of benzene rings is 1. The molecule has 0 aliphatic carbocycles. The van der Waals surface area contributed by atoms with Crippen molar-refractivity contribution in [3.05, 3.63) is 24.3 Å². The predicted molar refractivity (Wildman–Crippen MR) is 81.5 cm³/mol. The maximum Gasteiger partial charge on any atom is 0.245 e. The van der Waals surface area contributed by atoms with Gasteiger partial charge < -0.3 is 10.1 Å². The van der Waals surface area contributed by atoms with Crippen LogP contribution >= 0.6 is 0 Å². The Morgan fingerprint density at radius 3 is 2.67 bits per heavy atom. The summed E-state index contributed by atoms with van der Waals surface area (Å²) in [6.45, 7) is 3.20. The Bertz CT molecular complexity index is 581. The van der Waals surface area contributed by atoms with Crippen molar-refractivity contribution < 1.29 is 13.2 Å². The second-order valence-electron chi connectivity index (χ2n) is 4.33. The topological polar surface area (TPSA) is 82.4 Å². The van der Waals surface area contributed by atoms with E-state index in [0.29, 0.717) is 12.2 Å². The maximum absolute atomic E-state index is 12.8. The third kappa shape index (κ3) is 4.70. The highest BCUT2D eigenvalue weighted by Gasteiger charge is 2.26. The first-order valence-corrected chi connectivity index (χ1v) is 8.20. The Labute approximate surface area is 126 Å². The molecular formula is C14H21N3O3S. The van der Waals surface area contributed by atoms with E-state index in [9.17, 15) is 8.42 Å². The van der Waals surface area contributed by atoms with E-state index in [1.165, 1.54) is 11.4 Å². The first kappa shape index (κ1) is 17.4. The summed E-state index contributed by atoms with van der Waals surface area (Å²) in [7, 11) is -2.14. The lowest BCUT2D eigenvalue weighted by Crippen LogP contribution is -2.35. The molecule has 0 atom stereocenters. The van der Waals surface area contributed by atoms with Crippen molar-refractivity contribution in [3.8, 4) is 6.07 Å². The molecule has 0 heterocycles. The SMILES string of the molecule is CCNc1ccccc1S(=O)(=O)N(CCC#N)CCOC. The van der Waals surface area contributed by atoms with E-state index in [0.717, 1.165) is 0 Å². The molecule has 116 valence electrons. The molecule has 6 nitrogen and oxygen atoms in total. The Kier molecular flexibility index (Phi) is 7.15. The van der Waals surface area contributed by atoms with Gasteiger partial charge in [0.1, 0.15) is 4.90 Å². The number of para-hydroxylation sites is 1. The van der Waals surface area contributed by atoms with Crippen molar-refractivity contribution in [1.82, 2.24) is 4.31 Å². The molecule has 0 fully saturated rings. The number of anilines is 1. The predicted octanol–water partition coefficient (Wildman–Crippen LogP) is 1.67. The number of nitrogens with one attached hydrogen (secondary N) is 1. The van der Waals surface area contributed by atoms with Crippen LogP contribution in [0.4, 0.5) is 5.69 Å². The number of hydrogen-bond donors (Lipinski definition) is 1. The number of nitriles is 1. The molecule has 0 saturated heterocycles. The lowest BCUT2D eigenvalue weighted by molar-refractivity contribution is 0.179. The zero-order valence-corrected chi connectivity index (χ0v) is 13.2. The van der Waals surface area contributed by atoms with Crippen LogP contribution in [0.3, 0.4) is 0 Å². The van der Waals surface area contributed by atoms with Crippen molar-refractivity contribution in [2.45, 2.75) is 18.2 Å². The van der Waals surface area contributed by atoms with Gasteiger partial charge >= 0.3 is 0 Å². The van der Waals surface area contributed by atoms with E-state index in [4.69, 9.17) is 10.00 Å². The van der Waals surface area contributed by atoms with Gasteiger partial charge in [0.05, 0.1) is 18.4 Å². The Hall–Kier alpha value is -1.62. The molecule has 0 aromatic heterocycles. The Morgan fingerprint density at radius 1 is 1.33 bits per heavy atom. The van der Waals surface area contributed by atoms with Gasteiger partial charge in [0.15, 0.2) is 0 Å². The van der Waals surface area contributed by atoms with Crippen LogP contribution in [-0.2, 0) is 14.8 Å². The van der Waals surface area contributed by atoms with Crippen LogP contribution < -0.4 is 5.32 Å². The second-order valence-corrected chi connectivity index (χ2v) is 6.24. The highest BCUT2D eigenvalue weighted by Crippen LogP contribution is 2.24. The van der Waals surface area contributed by atoms with Crippen LogP contribution in [0.15, 0.2) is 29.2 Å². The summed E-state index contributed by atoms with van der Waals surface area (Å²) < 4.78 is 31.8. The first-order chi connectivity index (χ1) is 10.1. The lowest BCUT2D eigenvalue weighted by atomic mass is 10.3. The van der Waals surface area contributed by atoms with Crippen molar-refractivity contribution in [3.63, 3.8) is 0 Å². The van der Waals surface area contributed by atoms with E-state index >= 15 is 0 Å². The largest absolute Gasteiger partial charge is 0.384 e. The highest BCUT2D eigenvalue weighted by atomic mass is 32.2. The summed E-state index contributed by atoms with van der Waals surface area (Å²) in [5.41, 5.74) is 0.569. The van der Waals surface area contributed by atoms with Gasteiger partial charge in [-0.2, -0.15) is 9.57 Å². The van der Waals surface area contributed by atoms with Crippen molar-refractivity contribution >= 4 is 15.7 Å². The van der Waals surface area contributed by atoms with Crippen LogP contribution in [0.2, 0.25) is 0 Å². The second kappa shape index (κ2) is 8.62. The van der Waals surface area contributed by atoms with Crippen molar-refractivity contribution in [1.29, 1.82) is 5.26 Å². The molecule has 0 bridgehead atoms. The number of nitrogens with zero attached hydrogens (tertiary/aromatic N) is 2. The maximum atomic E-state index is 12.8. The summed E-state index contributed by atoms with van der Waals surface area (Å²) in [6, 6.07) is 8.75. The third-order valence-corrected chi connectivity index (χ3v) is 4.85. The van der Waals surface area contributed by atoms with Gasteiger partial charge in [0, 0.05) is 33.2 Å². The molecule has 7 heteroatoms. The fourth-order valence-corrected chi connectivity index (χ4v) is 3.48. The minimum atomic E-state index is -3.66. The molecule has 0 aliphatic heterocycles. The average molecular weight is 311 g/mol. The van der Waals surface area contributed by atoms with Gasteiger partial charge in [-0.05, 0) is 19.1 Å². The molecule has 1 N–H and O–H groups in total. The fourth-order valence-electron chi connectivity index (χ4n) is 1.89. The lowest BCUT2D eigenvalue weighted by Gasteiger charge is -2.22. The van der Waals surface area contributed by atoms with Crippen LogP contribution in [0, 0.1) is 11.3 Å². The zero-order valence-electron chi connectivity index (χ0n) is 12.4. The summed E-state index contributed by atoms with van der Waals surface area (Å²) in [4.78, 5) is 0.223. The van der Waals surface area contributed by atoms with E-state index < -0.39 is 10.0 Å². The zero-order chi connectivity index (χ0) is 15.7. The van der Waals surface area contributed by atoms with Crippen LogP contribution in [0.1, 0.15) is 13.3 Å². The van der Waals surface area contributed by atoms with Crippen LogP contribution in [-0.4, -0.2) is 46.1 Å². The molecule has 0 radical (unpaired) electrons. The summed E-state index contributed by atoms with van der Waals surface area (Å²) in [5.74, 6) is 0. The molecule has 0 aliphatic rings. The monoisotopic (exact) mass is 311 g/mol. The molecule has 21 heavy (non-hydrogen) atoms. The third-order valence-electron chi connectivity index (χ3n) is 2.89. The van der Waals surface area contributed by atoms with E-state index in [2.05, 4.69) is 5.32 Å². The number of sulfonamides is 1. The van der Waals surface area contributed by atoms with Crippen LogP contribution in [0.5, 0.6) is 0 Å². The van der Waals surface area contributed by atoms with Crippen LogP contribution in [0.25, 0.3) is 0 Å². The van der Waals surface area contributed by atoms with E-state index in [1.807, 2.05) is 13.0 Å². The summed E-state index contributed by atoms with van der Waals surface area (Å²) >= 11 is 0. The minimum absolute atomic E-state index is 0.145. The Balaban J connectivity index is 3.12. The fraction of sp³-hybridized carbons (Fsp3) is 0.500. The molecule has 1 aromatic rings. The van der Waals surface area contributed by atoms with Crippen molar-refractivity contribution in [2.75, 3.05) is 38.7 Å². The van der Waals surface area contributed by atoms with Crippen molar-refractivity contribution in [2.24, 2.45) is 0 Å². The highest BCUT2D eigenvalue weighted by molar-refractivity contribution is 7.89. The molecule has 0 amide bonds. The van der Waals surface area contributed by atoms with Gasteiger partial charge in [-0.15, -0.1) is 0 Å². The molecular weight excluding hydrogens is 290 g/mol. The van der Waals surface area contributed by atoms with E-state index in [-0.39, 0.29) is 31.0 Å². The molecule has 0 unspecified atom stereocenters. The quantitative estimate of drug-likeness (QED) is 0.750. The molecule has 1 aromatic carbocycles. The normalized spacial score (nSPS) is 11.3. The summed E-state index contributed by atoms with van der Waals surface area (Å²) in [5, 5.41) is 11.7. The van der Waals surface area contributed by atoms with Gasteiger partial charge in [0.25, 0.3) is 0 Å². The first-order valence-electron chi connectivity index (χ1n) is 6.76.